The van der Waals surface area contributed by atoms with Crippen LogP contribution in [0.15, 0.2) is 96.2 Å². The number of hydrogen-bond donors (Lipinski definition) is 2. The monoisotopic (exact) mass is 489 g/mol. The number of benzene rings is 3. The van der Waals surface area contributed by atoms with Crippen LogP contribution in [0, 0.1) is 5.41 Å². The lowest BCUT2D eigenvalue weighted by molar-refractivity contribution is -0.115. The van der Waals surface area contributed by atoms with Crippen molar-refractivity contribution in [2.45, 2.75) is 13.0 Å². The fraction of sp³-hybridized carbons (Fsp3) is 0.179. The van der Waals surface area contributed by atoms with E-state index in [4.69, 9.17) is 26.5 Å². The zero-order chi connectivity index (χ0) is 25.0. The number of aliphatic imine (C=N–C) groups is 1. The van der Waals surface area contributed by atoms with Crippen LogP contribution in [0.1, 0.15) is 11.1 Å². The second-order valence-corrected chi connectivity index (χ2v) is 8.11. The number of rotatable bonds is 11. The molecule has 0 aliphatic rings. The summed E-state index contributed by atoms with van der Waals surface area (Å²) < 4.78 is 10.7. The van der Waals surface area contributed by atoms with E-state index in [2.05, 4.69) is 16.9 Å². The van der Waals surface area contributed by atoms with Gasteiger partial charge in [0, 0.05) is 25.1 Å². The number of nitrogens with one attached hydrogen (secondary N) is 2. The van der Waals surface area contributed by atoms with Crippen LogP contribution in [0.3, 0.4) is 0 Å². The minimum absolute atomic E-state index is 0.0410. The smallest absolute Gasteiger partial charge is 0.273 e. The molecular formula is C28H28ClN3O3. The summed E-state index contributed by atoms with van der Waals surface area (Å²) in [6.45, 7) is 4.74. The highest BCUT2D eigenvalue weighted by Gasteiger charge is 2.18. The van der Waals surface area contributed by atoms with Crippen molar-refractivity contribution in [3.63, 3.8) is 0 Å². The van der Waals surface area contributed by atoms with Crippen LogP contribution < -0.4 is 5.32 Å². The van der Waals surface area contributed by atoms with Crippen molar-refractivity contribution < 1.29 is 14.3 Å². The van der Waals surface area contributed by atoms with Crippen LogP contribution in [-0.2, 0) is 27.3 Å². The summed E-state index contributed by atoms with van der Waals surface area (Å²) in [7, 11) is 1.55. The normalized spacial score (nSPS) is 11.1. The molecule has 0 radical (unpaired) electrons. The second-order valence-electron chi connectivity index (χ2n) is 7.70. The second kappa shape index (κ2) is 13.2. The Morgan fingerprint density at radius 3 is 2.37 bits per heavy atom. The lowest BCUT2D eigenvalue weighted by Crippen LogP contribution is -2.35. The van der Waals surface area contributed by atoms with Gasteiger partial charge in [-0.1, -0.05) is 91.0 Å². The summed E-state index contributed by atoms with van der Waals surface area (Å²) in [6.07, 6.45) is 0.148. The molecule has 0 fully saturated rings. The van der Waals surface area contributed by atoms with Gasteiger partial charge < -0.3 is 14.8 Å². The maximum absolute atomic E-state index is 12.8. The predicted octanol–water partition coefficient (Wildman–Crippen LogP) is 5.46. The van der Waals surface area contributed by atoms with Gasteiger partial charge in [0.15, 0.2) is 5.71 Å². The van der Waals surface area contributed by atoms with E-state index >= 15 is 0 Å². The van der Waals surface area contributed by atoms with E-state index in [-0.39, 0.29) is 30.3 Å². The molecule has 3 aromatic rings. The average molecular weight is 490 g/mol. The molecule has 7 heteroatoms. The van der Waals surface area contributed by atoms with Crippen LogP contribution in [-0.4, -0.2) is 37.7 Å². The first-order valence-electron chi connectivity index (χ1n) is 11.1. The molecule has 3 rings (SSSR count). The van der Waals surface area contributed by atoms with Crippen molar-refractivity contribution in [1.82, 2.24) is 5.32 Å². The Balaban J connectivity index is 1.74. The number of methoxy groups -OCH3 is 1. The van der Waals surface area contributed by atoms with Crippen LogP contribution in [0.2, 0.25) is 5.02 Å². The standard InChI is InChI=1S/C28H28ClN3O3/c1-20(35-19-21-9-5-3-6-10-21)27(28(33)31-15-16-34-2)32-26(30)18-24-14-13-23(17-25(24)29)22-11-7-4-8-12-22/h3-14,17,30H,1,15-16,18-19H2,2H3,(H,31,33)/b30-26?,32-27+. The topological polar surface area (TPSA) is 83.8 Å². The molecule has 0 aliphatic carbocycles. The van der Waals surface area contributed by atoms with Crippen molar-refractivity contribution in [1.29, 1.82) is 5.41 Å². The van der Waals surface area contributed by atoms with Gasteiger partial charge in [0.1, 0.15) is 18.2 Å². The highest BCUT2D eigenvalue weighted by atomic mass is 35.5. The third-order valence-electron chi connectivity index (χ3n) is 5.09. The average Bonchev–Trinajstić information content (AvgIpc) is 2.88. The van der Waals surface area contributed by atoms with Gasteiger partial charge in [-0.15, -0.1) is 0 Å². The summed E-state index contributed by atoms with van der Waals surface area (Å²) in [5, 5.41) is 11.7. The molecule has 0 aliphatic heterocycles. The molecule has 35 heavy (non-hydrogen) atoms. The molecule has 1 amide bonds. The molecule has 2 N–H and O–H groups in total. The Bertz CT molecular complexity index is 1190. The van der Waals surface area contributed by atoms with Crippen LogP contribution in [0.25, 0.3) is 11.1 Å². The number of hydrogen-bond acceptors (Lipinski definition) is 4. The molecule has 0 heterocycles. The number of carbonyl (C=O) groups is 1. The lowest BCUT2D eigenvalue weighted by Gasteiger charge is -2.13. The van der Waals surface area contributed by atoms with Gasteiger partial charge in [0.05, 0.1) is 6.61 Å². The van der Waals surface area contributed by atoms with E-state index in [0.717, 1.165) is 22.3 Å². The highest BCUT2D eigenvalue weighted by molar-refractivity contribution is 6.46. The van der Waals surface area contributed by atoms with E-state index in [0.29, 0.717) is 18.2 Å². The summed E-state index contributed by atoms with van der Waals surface area (Å²) >= 11 is 6.51. The molecule has 0 bridgehead atoms. The Hall–Kier alpha value is -3.74. The van der Waals surface area contributed by atoms with Crippen molar-refractivity contribution in [3.05, 3.63) is 107 Å². The SMILES string of the molecule is C=C(OCc1ccccc1)/C(=N\C(=N)Cc1ccc(-c2ccccc2)cc1Cl)C(=O)NCCOC. The number of carbonyl (C=O) groups excluding carboxylic acids is 1. The number of ether oxygens (including phenoxy) is 2. The van der Waals surface area contributed by atoms with Gasteiger partial charge in [0.2, 0.25) is 0 Å². The molecule has 6 nitrogen and oxygen atoms in total. The number of halogens is 1. The Morgan fingerprint density at radius 2 is 1.71 bits per heavy atom. The molecule has 0 saturated heterocycles. The zero-order valence-electron chi connectivity index (χ0n) is 19.6. The van der Waals surface area contributed by atoms with Crippen molar-refractivity contribution in [2.24, 2.45) is 4.99 Å². The van der Waals surface area contributed by atoms with E-state index in [1.807, 2.05) is 78.9 Å². The third-order valence-corrected chi connectivity index (χ3v) is 5.44. The summed E-state index contributed by atoms with van der Waals surface area (Å²) in [5.41, 5.74) is 3.63. The largest absolute Gasteiger partial charge is 0.487 e. The lowest BCUT2D eigenvalue weighted by atomic mass is 10.0. The Labute approximate surface area is 210 Å². The van der Waals surface area contributed by atoms with Gasteiger partial charge >= 0.3 is 0 Å². The molecule has 0 atom stereocenters. The quantitative estimate of drug-likeness (QED) is 0.162. The van der Waals surface area contributed by atoms with E-state index in [1.165, 1.54) is 0 Å². The van der Waals surface area contributed by atoms with E-state index in [9.17, 15) is 4.79 Å². The highest BCUT2D eigenvalue weighted by Crippen LogP contribution is 2.26. The minimum Gasteiger partial charge on any atom is -0.487 e. The molecule has 0 spiro atoms. The van der Waals surface area contributed by atoms with Crippen LogP contribution in [0.5, 0.6) is 0 Å². The van der Waals surface area contributed by atoms with Gasteiger partial charge in [-0.3, -0.25) is 10.2 Å². The Morgan fingerprint density at radius 1 is 1.03 bits per heavy atom. The van der Waals surface area contributed by atoms with Gasteiger partial charge in [-0.2, -0.15) is 0 Å². The van der Waals surface area contributed by atoms with Gasteiger partial charge in [-0.05, 0) is 28.3 Å². The molecule has 180 valence electrons. The minimum atomic E-state index is -0.490. The molecule has 0 saturated carbocycles. The van der Waals surface area contributed by atoms with Crippen LogP contribution >= 0.6 is 11.6 Å². The maximum Gasteiger partial charge on any atom is 0.273 e. The van der Waals surface area contributed by atoms with Crippen molar-refractivity contribution >= 4 is 29.1 Å². The first-order valence-corrected chi connectivity index (χ1v) is 11.5. The molecule has 0 aromatic heterocycles. The van der Waals surface area contributed by atoms with Gasteiger partial charge in [0.25, 0.3) is 5.91 Å². The fourth-order valence-corrected chi connectivity index (χ4v) is 3.51. The number of nitrogens with zero attached hydrogens (tertiary/aromatic N) is 1. The summed E-state index contributed by atoms with van der Waals surface area (Å²) in [5.74, 6) is -0.449. The summed E-state index contributed by atoms with van der Waals surface area (Å²) in [6, 6.07) is 25.1. The van der Waals surface area contributed by atoms with E-state index in [1.54, 1.807) is 7.11 Å². The fourth-order valence-electron chi connectivity index (χ4n) is 3.26. The maximum atomic E-state index is 12.8. The van der Waals surface area contributed by atoms with Crippen molar-refractivity contribution in [2.75, 3.05) is 20.3 Å². The first-order chi connectivity index (χ1) is 17.0. The molecule has 0 unspecified atom stereocenters. The van der Waals surface area contributed by atoms with Gasteiger partial charge in [-0.25, -0.2) is 4.99 Å². The van der Waals surface area contributed by atoms with E-state index < -0.39 is 5.91 Å². The molecule has 3 aromatic carbocycles. The Kier molecular flexibility index (Phi) is 9.78. The zero-order valence-corrected chi connectivity index (χ0v) is 20.3. The first kappa shape index (κ1) is 25.9. The predicted molar refractivity (Wildman–Crippen MR) is 141 cm³/mol. The molecular weight excluding hydrogens is 462 g/mol. The number of amides is 1. The number of amidine groups is 1. The summed E-state index contributed by atoms with van der Waals surface area (Å²) in [4.78, 5) is 17.0. The third kappa shape index (κ3) is 7.91. The van der Waals surface area contributed by atoms with Crippen molar-refractivity contribution in [3.8, 4) is 11.1 Å². The van der Waals surface area contributed by atoms with Crippen LogP contribution in [0.4, 0.5) is 0 Å².